The first kappa shape index (κ1) is 10.3. The molecule has 0 saturated carbocycles. The summed E-state index contributed by atoms with van der Waals surface area (Å²) in [6.45, 7) is 7.55. The Labute approximate surface area is 80.4 Å². The molecule has 1 saturated heterocycles. The fourth-order valence-electron chi connectivity index (χ4n) is 1.89. The summed E-state index contributed by atoms with van der Waals surface area (Å²) < 4.78 is 5.47. The Bertz CT molecular complexity index is 134. The lowest BCUT2D eigenvalue weighted by Gasteiger charge is -2.32. The topological polar surface area (TPSA) is 9.23 Å². The van der Waals surface area contributed by atoms with Crippen LogP contribution in [0.1, 0.15) is 33.6 Å². The van der Waals surface area contributed by atoms with Gasteiger partial charge < -0.3 is 4.74 Å². The molecule has 0 radical (unpaired) electrons. The number of rotatable bonds is 2. The smallest absolute Gasteiger partial charge is 0.134 e. The van der Waals surface area contributed by atoms with Crippen LogP contribution in [0.4, 0.5) is 0 Å². The lowest BCUT2D eigenvalue weighted by atomic mass is 9.88. The van der Waals surface area contributed by atoms with Crippen molar-refractivity contribution >= 4 is 11.6 Å². The molecule has 3 unspecified atom stereocenters. The normalized spacial score (nSPS) is 37.2. The van der Waals surface area contributed by atoms with Crippen molar-refractivity contribution in [1.82, 2.24) is 0 Å². The summed E-state index contributed by atoms with van der Waals surface area (Å²) in [4.78, 5) is 0. The van der Waals surface area contributed by atoms with E-state index in [1.807, 2.05) is 0 Å². The van der Waals surface area contributed by atoms with Gasteiger partial charge in [-0.25, -0.2) is 0 Å². The number of hydrogen-bond donors (Lipinski definition) is 0. The fraction of sp³-hybridized carbons (Fsp3) is 1.00. The summed E-state index contributed by atoms with van der Waals surface area (Å²) in [5.74, 6) is 1.98. The Hall–Kier alpha value is 0.250. The molecule has 1 nitrogen and oxygen atoms in total. The van der Waals surface area contributed by atoms with E-state index in [1.165, 1.54) is 12.8 Å². The van der Waals surface area contributed by atoms with Gasteiger partial charge in [0.15, 0.2) is 0 Å². The third-order valence-electron chi connectivity index (χ3n) is 2.39. The molecule has 0 N–H and O–H groups in total. The molecule has 0 bridgehead atoms. The highest BCUT2D eigenvalue weighted by Crippen LogP contribution is 2.31. The molecule has 72 valence electrons. The highest BCUT2D eigenvalue weighted by Gasteiger charge is 2.27. The first-order valence-corrected chi connectivity index (χ1v) is 5.29. The standard InChI is InChI=1S/C10H19ClO/c1-7(2)4-9-5-8(3)6-12-10(9)11/h7-10H,4-6H2,1-3H3. The van der Waals surface area contributed by atoms with Gasteiger partial charge in [-0.05, 0) is 30.6 Å². The summed E-state index contributed by atoms with van der Waals surface area (Å²) in [5, 5.41) is 0. The van der Waals surface area contributed by atoms with E-state index in [1.54, 1.807) is 0 Å². The second-order valence-corrected chi connectivity index (χ2v) is 4.85. The molecular weight excluding hydrogens is 172 g/mol. The van der Waals surface area contributed by atoms with Gasteiger partial charge in [0.25, 0.3) is 0 Å². The summed E-state index contributed by atoms with van der Waals surface area (Å²) in [5.41, 5.74) is -0.0383. The molecule has 0 aromatic carbocycles. The molecule has 0 aliphatic carbocycles. The van der Waals surface area contributed by atoms with Gasteiger partial charge >= 0.3 is 0 Å². The van der Waals surface area contributed by atoms with E-state index < -0.39 is 0 Å². The van der Waals surface area contributed by atoms with E-state index >= 15 is 0 Å². The van der Waals surface area contributed by atoms with E-state index in [9.17, 15) is 0 Å². The average Bonchev–Trinajstić information content (AvgIpc) is 1.96. The molecule has 1 aliphatic rings. The Balaban J connectivity index is 2.38. The highest BCUT2D eigenvalue weighted by molar-refractivity contribution is 6.19. The van der Waals surface area contributed by atoms with Crippen LogP contribution >= 0.6 is 11.6 Å². The number of alkyl halides is 1. The van der Waals surface area contributed by atoms with Crippen molar-refractivity contribution in [2.75, 3.05) is 6.61 Å². The fourth-order valence-corrected chi connectivity index (χ4v) is 2.17. The average molecular weight is 191 g/mol. The van der Waals surface area contributed by atoms with E-state index in [0.29, 0.717) is 11.8 Å². The SMILES string of the molecule is CC(C)CC1CC(C)COC1Cl. The molecule has 0 amide bonds. The molecule has 0 aromatic rings. The van der Waals surface area contributed by atoms with Crippen LogP contribution in [0.25, 0.3) is 0 Å². The number of halogens is 1. The van der Waals surface area contributed by atoms with Crippen LogP contribution < -0.4 is 0 Å². The zero-order chi connectivity index (χ0) is 9.14. The van der Waals surface area contributed by atoms with Crippen LogP contribution in [-0.4, -0.2) is 12.2 Å². The summed E-state index contributed by atoms with van der Waals surface area (Å²) in [6, 6.07) is 0. The lowest BCUT2D eigenvalue weighted by molar-refractivity contribution is -0.0120. The molecule has 2 heteroatoms. The van der Waals surface area contributed by atoms with E-state index in [4.69, 9.17) is 16.3 Å². The third kappa shape index (κ3) is 2.95. The van der Waals surface area contributed by atoms with Crippen LogP contribution in [0, 0.1) is 17.8 Å². The van der Waals surface area contributed by atoms with Gasteiger partial charge in [0.1, 0.15) is 5.56 Å². The summed E-state index contributed by atoms with van der Waals surface area (Å²) in [7, 11) is 0. The molecule has 12 heavy (non-hydrogen) atoms. The Morgan fingerprint density at radius 1 is 1.50 bits per heavy atom. The Kier molecular flexibility index (Phi) is 3.85. The Morgan fingerprint density at radius 3 is 2.75 bits per heavy atom. The molecule has 0 spiro atoms. The maximum atomic E-state index is 6.07. The van der Waals surface area contributed by atoms with Crippen molar-refractivity contribution in [1.29, 1.82) is 0 Å². The van der Waals surface area contributed by atoms with Crippen molar-refractivity contribution in [2.45, 2.75) is 39.2 Å². The van der Waals surface area contributed by atoms with Crippen LogP contribution in [0.2, 0.25) is 0 Å². The van der Waals surface area contributed by atoms with Crippen molar-refractivity contribution in [2.24, 2.45) is 17.8 Å². The van der Waals surface area contributed by atoms with E-state index in [2.05, 4.69) is 20.8 Å². The van der Waals surface area contributed by atoms with Crippen LogP contribution in [0.5, 0.6) is 0 Å². The van der Waals surface area contributed by atoms with Gasteiger partial charge in [-0.15, -0.1) is 0 Å². The first-order chi connectivity index (χ1) is 5.59. The third-order valence-corrected chi connectivity index (χ3v) is 2.87. The highest BCUT2D eigenvalue weighted by atomic mass is 35.5. The minimum atomic E-state index is -0.0383. The number of ether oxygens (including phenoxy) is 1. The molecule has 1 aliphatic heterocycles. The Morgan fingerprint density at radius 2 is 2.17 bits per heavy atom. The van der Waals surface area contributed by atoms with Gasteiger partial charge in [0.2, 0.25) is 0 Å². The maximum absolute atomic E-state index is 6.07. The van der Waals surface area contributed by atoms with E-state index in [0.717, 1.165) is 12.5 Å². The monoisotopic (exact) mass is 190 g/mol. The lowest BCUT2D eigenvalue weighted by Crippen LogP contribution is -2.30. The second-order valence-electron chi connectivity index (χ2n) is 4.41. The number of hydrogen-bond acceptors (Lipinski definition) is 1. The van der Waals surface area contributed by atoms with Crippen molar-refractivity contribution in [3.05, 3.63) is 0 Å². The largest absolute Gasteiger partial charge is 0.362 e. The van der Waals surface area contributed by atoms with Crippen LogP contribution in [0.3, 0.4) is 0 Å². The maximum Gasteiger partial charge on any atom is 0.134 e. The van der Waals surface area contributed by atoms with Gasteiger partial charge in [-0.3, -0.25) is 0 Å². The van der Waals surface area contributed by atoms with Gasteiger partial charge in [0, 0.05) is 0 Å². The van der Waals surface area contributed by atoms with Crippen molar-refractivity contribution in [3.63, 3.8) is 0 Å². The minimum Gasteiger partial charge on any atom is -0.362 e. The predicted octanol–water partition coefficient (Wildman–Crippen LogP) is 3.27. The van der Waals surface area contributed by atoms with E-state index in [-0.39, 0.29) is 5.56 Å². The molecule has 0 aromatic heterocycles. The van der Waals surface area contributed by atoms with Crippen LogP contribution in [0.15, 0.2) is 0 Å². The van der Waals surface area contributed by atoms with Crippen LogP contribution in [-0.2, 0) is 4.74 Å². The van der Waals surface area contributed by atoms with Crippen molar-refractivity contribution < 1.29 is 4.74 Å². The molecule has 3 atom stereocenters. The summed E-state index contributed by atoms with van der Waals surface area (Å²) in [6.07, 6.45) is 2.42. The zero-order valence-electron chi connectivity index (χ0n) is 8.22. The van der Waals surface area contributed by atoms with Gasteiger partial charge in [-0.2, -0.15) is 0 Å². The minimum absolute atomic E-state index is 0.0383. The predicted molar refractivity (Wildman–Crippen MR) is 52.3 cm³/mol. The molecule has 1 rings (SSSR count). The first-order valence-electron chi connectivity index (χ1n) is 4.85. The second kappa shape index (κ2) is 4.48. The molecule has 1 fully saturated rings. The summed E-state index contributed by atoms with van der Waals surface area (Å²) >= 11 is 6.07. The quantitative estimate of drug-likeness (QED) is 0.608. The van der Waals surface area contributed by atoms with Gasteiger partial charge in [0.05, 0.1) is 6.61 Å². The van der Waals surface area contributed by atoms with Gasteiger partial charge in [-0.1, -0.05) is 32.4 Å². The van der Waals surface area contributed by atoms with Crippen molar-refractivity contribution in [3.8, 4) is 0 Å². The zero-order valence-corrected chi connectivity index (χ0v) is 8.97. The molecular formula is C10H19ClO. The molecule has 1 heterocycles.